The molecule has 0 aromatic carbocycles. The number of carboxylic acids is 1. The first-order valence-electron chi connectivity index (χ1n) is 5.51. The molecule has 1 atom stereocenters. The number of carbonyl (C=O) groups excluding carboxylic acids is 1. The van der Waals surface area contributed by atoms with Gasteiger partial charge in [-0.3, -0.25) is 14.8 Å². The number of amides is 2. The van der Waals surface area contributed by atoms with Crippen LogP contribution in [0.15, 0.2) is 12.4 Å². The fraction of sp³-hybridized carbons (Fsp3) is 0.455. The largest absolute Gasteiger partial charge is 0.481 e. The maximum Gasteiger partial charge on any atom is 0.315 e. The zero-order valence-electron chi connectivity index (χ0n) is 10.3. The molecule has 0 fully saturated rings. The van der Waals surface area contributed by atoms with Crippen LogP contribution < -0.4 is 10.6 Å². The molecule has 1 aromatic rings. The molecule has 0 spiro atoms. The number of hydrogen-bond donors (Lipinski definition) is 3. The lowest BCUT2D eigenvalue weighted by Crippen LogP contribution is -2.41. The molecule has 1 heterocycles. The molecule has 98 valence electrons. The van der Waals surface area contributed by atoms with Gasteiger partial charge in [-0.2, -0.15) is 0 Å². The molecule has 0 radical (unpaired) electrons. The van der Waals surface area contributed by atoms with Crippen molar-refractivity contribution in [1.82, 2.24) is 20.6 Å². The number of aryl methyl sites for hydroxylation is 1. The summed E-state index contributed by atoms with van der Waals surface area (Å²) in [7, 11) is 0. The van der Waals surface area contributed by atoms with E-state index in [0.717, 1.165) is 5.69 Å². The lowest BCUT2D eigenvalue weighted by atomic mass is 10.2. The summed E-state index contributed by atoms with van der Waals surface area (Å²) >= 11 is 0. The summed E-state index contributed by atoms with van der Waals surface area (Å²) in [6.07, 6.45) is 3.08. The second-order valence-electron chi connectivity index (χ2n) is 3.98. The zero-order chi connectivity index (χ0) is 13.5. The van der Waals surface area contributed by atoms with E-state index in [4.69, 9.17) is 5.11 Å². The summed E-state index contributed by atoms with van der Waals surface area (Å²) in [4.78, 5) is 29.9. The minimum Gasteiger partial charge on any atom is -0.481 e. The van der Waals surface area contributed by atoms with Crippen LogP contribution in [0.4, 0.5) is 4.79 Å². The Morgan fingerprint density at radius 2 is 2.11 bits per heavy atom. The summed E-state index contributed by atoms with van der Waals surface area (Å²) < 4.78 is 0. The topological polar surface area (TPSA) is 104 Å². The second kappa shape index (κ2) is 6.53. The number of nitrogens with zero attached hydrogens (tertiary/aromatic N) is 2. The van der Waals surface area contributed by atoms with Crippen LogP contribution in [-0.2, 0) is 11.3 Å². The van der Waals surface area contributed by atoms with Crippen molar-refractivity contribution >= 4 is 12.0 Å². The van der Waals surface area contributed by atoms with Gasteiger partial charge in [-0.15, -0.1) is 0 Å². The van der Waals surface area contributed by atoms with Gasteiger partial charge in [-0.05, 0) is 13.8 Å². The van der Waals surface area contributed by atoms with E-state index >= 15 is 0 Å². The molecule has 0 saturated heterocycles. The lowest BCUT2D eigenvalue weighted by molar-refractivity contribution is -0.137. The van der Waals surface area contributed by atoms with Crippen molar-refractivity contribution in [2.45, 2.75) is 32.9 Å². The maximum atomic E-state index is 11.4. The third-order valence-electron chi connectivity index (χ3n) is 2.12. The Kier molecular flexibility index (Phi) is 5.04. The van der Waals surface area contributed by atoms with Crippen LogP contribution in [0.1, 0.15) is 24.7 Å². The van der Waals surface area contributed by atoms with E-state index in [1.54, 1.807) is 19.3 Å². The first-order valence-corrected chi connectivity index (χ1v) is 5.51. The number of carboxylic acid groups (broad SMARTS) is 1. The standard InChI is InChI=1S/C11H16N4O3/c1-7(3-10(16)17)15-11(18)14-6-9-5-12-8(2)4-13-9/h4-5,7H,3,6H2,1-2H3,(H,16,17)(H2,14,15,18). The fourth-order valence-corrected chi connectivity index (χ4v) is 1.27. The van der Waals surface area contributed by atoms with Crippen LogP contribution in [0.25, 0.3) is 0 Å². The SMILES string of the molecule is Cc1cnc(CNC(=O)NC(C)CC(=O)O)cn1. The summed E-state index contributed by atoms with van der Waals surface area (Å²) in [6.45, 7) is 3.70. The van der Waals surface area contributed by atoms with Gasteiger partial charge in [0.1, 0.15) is 0 Å². The van der Waals surface area contributed by atoms with Gasteiger partial charge in [0.2, 0.25) is 0 Å². The van der Waals surface area contributed by atoms with Crippen LogP contribution in [0.3, 0.4) is 0 Å². The number of urea groups is 1. The highest BCUT2D eigenvalue weighted by molar-refractivity contribution is 5.75. The summed E-state index contributed by atoms with van der Waals surface area (Å²) in [6, 6.07) is -0.849. The molecule has 0 aliphatic carbocycles. The lowest BCUT2D eigenvalue weighted by Gasteiger charge is -2.12. The zero-order valence-corrected chi connectivity index (χ0v) is 10.3. The molecule has 0 aliphatic heterocycles. The molecular formula is C11H16N4O3. The smallest absolute Gasteiger partial charge is 0.315 e. The molecule has 1 aromatic heterocycles. The Bertz CT molecular complexity index is 419. The molecule has 2 amide bonds. The van der Waals surface area contributed by atoms with Crippen LogP contribution >= 0.6 is 0 Å². The molecule has 0 aliphatic rings. The molecule has 0 saturated carbocycles. The van der Waals surface area contributed by atoms with Crippen molar-refractivity contribution < 1.29 is 14.7 Å². The van der Waals surface area contributed by atoms with Crippen molar-refractivity contribution in [2.75, 3.05) is 0 Å². The molecule has 1 unspecified atom stereocenters. The first kappa shape index (κ1) is 13.9. The van der Waals surface area contributed by atoms with E-state index in [-0.39, 0.29) is 13.0 Å². The van der Waals surface area contributed by atoms with Gasteiger partial charge < -0.3 is 15.7 Å². The average Bonchev–Trinajstić information content (AvgIpc) is 2.27. The fourth-order valence-electron chi connectivity index (χ4n) is 1.27. The highest BCUT2D eigenvalue weighted by atomic mass is 16.4. The Balaban J connectivity index is 2.32. The summed E-state index contributed by atoms with van der Waals surface area (Å²) in [5.74, 6) is -0.952. The number of nitrogens with one attached hydrogen (secondary N) is 2. The average molecular weight is 252 g/mol. The van der Waals surface area contributed by atoms with Crippen LogP contribution in [0, 0.1) is 6.92 Å². The predicted octanol–water partition coefficient (Wildman–Crippen LogP) is 0.447. The highest BCUT2D eigenvalue weighted by Crippen LogP contribution is 1.94. The van der Waals surface area contributed by atoms with Gasteiger partial charge in [-0.1, -0.05) is 0 Å². The maximum absolute atomic E-state index is 11.4. The van der Waals surface area contributed by atoms with Gasteiger partial charge in [-0.25, -0.2) is 4.79 Å². The molecule has 0 bridgehead atoms. The summed E-state index contributed by atoms with van der Waals surface area (Å²) in [5.41, 5.74) is 1.44. The van der Waals surface area contributed by atoms with E-state index in [1.165, 1.54) is 0 Å². The van der Waals surface area contributed by atoms with Crippen LogP contribution in [0.2, 0.25) is 0 Å². The van der Waals surface area contributed by atoms with E-state index in [9.17, 15) is 9.59 Å². The Morgan fingerprint density at radius 1 is 1.39 bits per heavy atom. The monoisotopic (exact) mass is 252 g/mol. The Labute approximate surface area is 105 Å². The van der Waals surface area contributed by atoms with Gasteiger partial charge in [0.15, 0.2) is 0 Å². The third kappa shape index (κ3) is 5.24. The van der Waals surface area contributed by atoms with Gasteiger partial charge in [0.25, 0.3) is 0 Å². The molecule has 1 rings (SSSR count). The van der Waals surface area contributed by atoms with Gasteiger partial charge in [0.05, 0.1) is 30.6 Å². The van der Waals surface area contributed by atoms with Gasteiger partial charge >= 0.3 is 12.0 Å². The van der Waals surface area contributed by atoms with Gasteiger partial charge in [0, 0.05) is 12.2 Å². The number of aliphatic carboxylic acids is 1. The van der Waals surface area contributed by atoms with E-state index in [0.29, 0.717) is 5.69 Å². The van der Waals surface area contributed by atoms with Crippen LogP contribution in [-0.4, -0.2) is 33.1 Å². The predicted molar refractivity (Wildman–Crippen MR) is 63.9 cm³/mol. The van der Waals surface area contributed by atoms with Crippen molar-refractivity contribution in [3.63, 3.8) is 0 Å². The highest BCUT2D eigenvalue weighted by Gasteiger charge is 2.10. The molecule has 18 heavy (non-hydrogen) atoms. The molecule has 7 heteroatoms. The van der Waals surface area contributed by atoms with E-state index < -0.39 is 18.0 Å². The normalized spacial score (nSPS) is 11.7. The number of rotatable bonds is 5. The Morgan fingerprint density at radius 3 is 2.67 bits per heavy atom. The van der Waals surface area contributed by atoms with E-state index in [1.807, 2.05) is 6.92 Å². The van der Waals surface area contributed by atoms with E-state index in [2.05, 4.69) is 20.6 Å². The second-order valence-corrected chi connectivity index (χ2v) is 3.98. The third-order valence-corrected chi connectivity index (χ3v) is 2.12. The number of hydrogen-bond acceptors (Lipinski definition) is 4. The Hall–Kier alpha value is -2.18. The first-order chi connectivity index (χ1) is 8.47. The van der Waals surface area contributed by atoms with Crippen LogP contribution in [0.5, 0.6) is 0 Å². The number of carbonyl (C=O) groups is 2. The van der Waals surface area contributed by atoms with Crippen molar-refractivity contribution in [2.24, 2.45) is 0 Å². The van der Waals surface area contributed by atoms with Crippen molar-refractivity contribution in [1.29, 1.82) is 0 Å². The molecule has 7 nitrogen and oxygen atoms in total. The van der Waals surface area contributed by atoms with Crippen molar-refractivity contribution in [3.05, 3.63) is 23.8 Å². The molecule has 3 N–H and O–H groups in total. The minimum atomic E-state index is -0.952. The minimum absolute atomic E-state index is 0.113. The summed E-state index contributed by atoms with van der Waals surface area (Å²) in [5, 5.41) is 13.6. The quantitative estimate of drug-likeness (QED) is 0.705. The molecular weight excluding hydrogens is 236 g/mol. The number of aromatic nitrogens is 2. The van der Waals surface area contributed by atoms with Crippen molar-refractivity contribution in [3.8, 4) is 0 Å².